The Morgan fingerprint density at radius 2 is 1.83 bits per heavy atom. The van der Waals surface area contributed by atoms with Crippen molar-refractivity contribution in [3.05, 3.63) is 59.2 Å². The average molecular weight is 348 g/mol. The van der Waals surface area contributed by atoms with Crippen molar-refractivity contribution in [3.8, 4) is 0 Å². The van der Waals surface area contributed by atoms with Crippen molar-refractivity contribution in [1.82, 2.24) is 5.32 Å². The number of alkyl halides is 2. The second-order valence-corrected chi connectivity index (χ2v) is 6.59. The van der Waals surface area contributed by atoms with Crippen LogP contribution in [0.25, 0.3) is 0 Å². The second kappa shape index (κ2) is 7.77. The molecule has 24 heavy (non-hydrogen) atoms. The van der Waals surface area contributed by atoms with Crippen LogP contribution in [-0.2, 0) is 12.8 Å². The number of para-hydroxylation sites is 1. The number of rotatable bonds is 4. The maximum Gasteiger partial charge on any atom is 0.288 e. The number of nitrogens with one attached hydrogen (secondary N) is 2. The molecule has 1 aliphatic rings. The summed E-state index contributed by atoms with van der Waals surface area (Å²) in [5.74, 6) is -2.81. The Balaban J connectivity index is 1.79. The van der Waals surface area contributed by atoms with E-state index in [-0.39, 0.29) is 5.91 Å². The molecule has 3 nitrogen and oxygen atoms in total. The molecule has 0 saturated carbocycles. The summed E-state index contributed by atoms with van der Waals surface area (Å²) in [6.45, 7) is 1.84. The number of carbonyl (C=O) groups excluding carboxylic acids is 1. The summed E-state index contributed by atoms with van der Waals surface area (Å²) in [4.78, 5) is 12.9. The van der Waals surface area contributed by atoms with E-state index in [1.807, 2.05) is 12.1 Å². The lowest BCUT2D eigenvalue weighted by Crippen LogP contribution is -2.16. The zero-order valence-electron chi connectivity index (χ0n) is 13.0. The highest BCUT2D eigenvalue weighted by atomic mass is 32.2. The van der Waals surface area contributed by atoms with Gasteiger partial charge in [0.2, 0.25) is 0 Å². The van der Waals surface area contributed by atoms with Crippen LogP contribution in [0.5, 0.6) is 0 Å². The van der Waals surface area contributed by atoms with Crippen LogP contribution in [0.4, 0.5) is 14.5 Å². The van der Waals surface area contributed by atoms with Crippen LogP contribution in [0, 0.1) is 0 Å². The normalized spacial score (nSPS) is 14.1. The van der Waals surface area contributed by atoms with E-state index in [4.69, 9.17) is 0 Å². The summed E-state index contributed by atoms with van der Waals surface area (Å²) in [5.41, 5.74) is 3.38. The molecule has 0 bridgehead atoms. The molecule has 0 radical (unpaired) electrons. The van der Waals surface area contributed by atoms with Gasteiger partial charge in [0.1, 0.15) is 0 Å². The summed E-state index contributed by atoms with van der Waals surface area (Å²) >= 11 is 0.432. The molecule has 2 N–H and O–H groups in total. The molecule has 1 amide bonds. The Bertz CT molecular complexity index is 737. The molecule has 2 aromatic rings. The molecule has 0 aliphatic carbocycles. The van der Waals surface area contributed by atoms with Gasteiger partial charge in [0.05, 0.1) is 5.69 Å². The van der Waals surface area contributed by atoms with Crippen LogP contribution >= 0.6 is 11.8 Å². The fourth-order valence-electron chi connectivity index (χ4n) is 2.78. The van der Waals surface area contributed by atoms with E-state index in [1.165, 1.54) is 11.1 Å². The van der Waals surface area contributed by atoms with E-state index in [1.54, 1.807) is 30.3 Å². The zero-order chi connectivity index (χ0) is 16.9. The lowest BCUT2D eigenvalue weighted by Gasteiger charge is -2.12. The molecule has 0 saturated heterocycles. The van der Waals surface area contributed by atoms with E-state index >= 15 is 0 Å². The maximum absolute atomic E-state index is 12.6. The van der Waals surface area contributed by atoms with Crippen LogP contribution in [0.2, 0.25) is 0 Å². The molecule has 0 aromatic heterocycles. The largest absolute Gasteiger partial charge is 0.321 e. The summed E-state index contributed by atoms with van der Waals surface area (Å²) in [7, 11) is 0. The van der Waals surface area contributed by atoms with Gasteiger partial charge in [-0.25, -0.2) is 0 Å². The predicted octanol–water partition coefficient (Wildman–Crippen LogP) is 3.94. The van der Waals surface area contributed by atoms with Crippen LogP contribution in [0.1, 0.15) is 21.5 Å². The van der Waals surface area contributed by atoms with Gasteiger partial charge in [0.15, 0.2) is 0 Å². The van der Waals surface area contributed by atoms with E-state index in [0.717, 1.165) is 25.9 Å². The van der Waals surface area contributed by atoms with Crippen LogP contribution < -0.4 is 10.6 Å². The van der Waals surface area contributed by atoms with Crippen molar-refractivity contribution >= 4 is 23.4 Å². The van der Waals surface area contributed by atoms with E-state index in [0.29, 0.717) is 27.9 Å². The van der Waals surface area contributed by atoms with Crippen molar-refractivity contribution in [1.29, 1.82) is 0 Å². The number of hydrogen-bond donors (Lipinski definition) is 2. The van der Waals surface area contributed by atoms with Gasteiger partial charge in [0.25, 0.3) is 11.7 Å². The number of thioether (sulfide) groups is 1. The van der Waals surface area contributed by atoms with Crippen molar-refractivity contribution in [2.75, 3.05) is 18.4 Å². The third-order valence-electron chi connectivity index (χ3n) is 3.96. The molecular formula is C18H18F2N2OS. The summed E-state index contributed by atoms with van der Waals surface area (Å²) < 4.78 is 25.3. The molecule has 0 atom stereocenters. The van der Waals surface area contributed by atoms with Gasteiger partial charge in [-0.2, -0.15) is 8.78 Å². The number of hydrogen-bond acceptors (Lipinski definition) is 3. The molecule has 3 rings (SSSR count). The number of carbonyl (C=O) groups is 1. The first kappa shape index (κ1) is 16.9. The van der Waals surface area contributed by atoms with Gasteiger partial charge < -0.3 is 10.6 Å². The highest BCUT2D eigenvalue weighted by Gasteiger charge is 2.15. The van der Waals surface area contributed by atoms with Gasteiger partial charge in [0, 0.05) is 10.5 Å². The topological polar surface area (TPSA) is 41.1 Å². The van der Waals surface area contributed by atoms with Gasteiger partial charge in [-0.1, -0.05) is 30.0 Å². The molecule has 1 aliphatic heterocycles. The standard InChI is InChI=1S/C18H18F2N2OS/c19-18(20)24-16-4-2-1-3-15(16)22-17(23)14-6-5-12-7-9-21-10-8-13(12)11-14/h1-6,11,18,21H,7-10H2,(H,22,23). The number of anilines is 1. The Morgan fingerprint density at radius 3 is 2.62 bits per heavy atom. The highest BCUT2D eigenvalue weighted by Crippen LogP contribution is 2.32. The fourth-order valence-corrected chi connectivity index (χ4v) is 3.37. The quantitative estimate of drug-likeness (QED) is 0.822. The summed E-state index contributed by atoms with van der Waals surface area (Å²) in [6.07, 6.45) is 1.83. The number of halogens is 2. The molecule has 6 heteroatoms. The lowest BCUT2D eigenvalue weighted by molar-refractivity contribution is 0.102. The van der Waals surface area contributed by atoms with Crippen LogP contribution in [-0.4, -0.2) is 24.8 Å². The first-order valence-electron chi connectivity index (χ1n) is 7.81. The number of benzene rings is 2. The zero-order valence-corrected chi connectivity index (χ0v) is 13.8. The number of amides is 1. The molecule has 0 spiro atoms. The third kappa shape index (κ3) is 4.13. The van der Waals surface area contributed by atoms with Crippen molar-refractivity contribution < 1.29 is 13.6 Å². The minimum Gasteiger partial charge on any atom is -0.321 e. The van der Waals surface area contributed by atoms with Gasteiger partial charge in [-0.05, 0) is 61.3 Å². The molecular weight excluding hydrogens is 330 g/mol. The molecule has 2 aromatic carbocycles. The number of fused-ring (bicyclic) bond motifs is 1. The first-order chi connectivity index (χ1) is 11.6. The molecule has 126 valence electrons. The van der Waals surface area contributed by atoms with Crippen molar-refractivity contribution in [2.24, 2.45) is 0 Å². The van der Waals surface area contributed by atoms with Gasteiger partial charge in [-0.15, -0.1) is 0 Å². The molecule has 0 fully saturated rings. The van der Waals surface area contributed by atoms with E-state index < -0.39 is 5.76 Å². The maximum atomic E-state index is 12.6. The van der Waals surface area contributed by atoms with Crippen LogP contribution in [0.3, 0.4) is 0 Å². The lowest BCUT2D eigenvalue weighted by atomic mass is 10.00. The average Bonchev–Trinajstić information content (AvgIpc) is 2.80. The smallest absolute Gasteiger partial charge is 0.288 e. The Morgan fingerprint density at radius 1 is 1.08 bits per heavy atom. The Hall–Kier alpha value is -1.92. The second-order valence-electron chi connectivity index (χ2n) is 5.56. The third-order valence-corrected chi connectivity index (χ3v) is 4.75. The fraction of sp³-hybridized carbons (Fsp3) is 0.278. The predicted molar refractivity (Wildman–Crippen MR) is 93.0 cm³/mol. The first-order valence-corrected chi connectivity index (χ1v) is 8.69. The van der Waals surface area contributed by atoms with Crippen molar-refractivity contribution in [2.45, 2.75) is 23.5 Å². The van der Waals surface area contributed by atoms with E-state index in [2.05, 4.69) is 10.6 Å². The molecule has 0 unspecified atom stereocenters. The van der Waals surface area contributed by atoms with Gasteiger partial charge in [-0.3, -0.25) is 4.79 Å². The van der Waals surface area contributed by atoms with Gasteiger partial charge >= 0.3 is 0 Å². The highest BCUT2D eigenvalue weighted by molar-refractivity contribution is 7.99. The minimum atomic E-state index is -2.52. The minimum absolute atomic E-state index is 0.280. The van der Waals surface area contributed by atoms with E-state index in [9.17, 15) is 13.6 Å². The monoisotopic (exact) mass is 348 g/mol. The Kier molecular flexibility index (Phi) is 5.48. The van der Waals surface area contributed by atoms with Crippen molar-refractivity contribution in [3.63, 3.8) is 0 Å². The summed E-state index contributed by atoms with van der Waals surface area (Å²) in [5, 5.41) is 6.08. The van der Waals surface area contributed by atoms with Crippen LogP contribution in [0.15, 0.2) is 47.4 Å². The summed E-state index contributed by atoms with van der Waals surface area (Å²) in [6, 6.07) is 12.3. The SMILES string of the molecule is O=C(Nc1ccccc1SC(F)F)c1ccc2c(c1)CCNCC2. The molecule has 1 heterocycles. The Labute approximate surface area is 143 Å².